The molecule has 0 spiro atoms. The van der Waals surface area contributed by atoms with Gasteiger partial charge in [0.25, 0.3) is 0 Å². The van der Waals surface area contributed by atoms with Gasteiger partial charge in [-0.3, -0.25) is 4.98 Å². The number of amides is 2. The van der Waals surface area contributed by atoms with Crippen LogP contribution >= 0.6 is 0 Å². The van der Waals surface area contributed by atoms with Gasteiger partial charge in [-0.15, -0.1) is 0 Å². The van der Waals surface area contributed by atoms with E-state index >= 15 is 0 Å². The molecule has 7 heteroatoms. The average Bonchev–Trinajstić information content (AvgIpc) is 2.59. The number of likely N-dealkylation sites (tertiary alicyclic amines) is 1. The lowest BCUT2D eigenvalue weighted by Gasteiger charge is -2.39. The van der Waals surface area contributed by atoms with E-state index in [1.807, 2.05) is 25.7 Å². The number of esters is 1. The van der Waals surface area contributed by atoms with Crippen molar-refractivity contribution in [2.24, 2.45) is 0 Å². The van der Waals surface area contributed by atoms with Crippen LogP contribution in [0.3, 0.4) is 0 Å². The number of urea groups is 1. The molecule has 0 saturated carbocycles. The summed E-state index contributed by atoms with van der Waals surface area (Å²) in [5.41, 5.74) is 2.21. The lowest BCUT2D eigenvalue weighted by molar-refractivity contribution is 0.0525. The number of nitrogens with zero attached hydrogens (tertiary/aromatic N) is 3. The second kappa shape index (κ2) is 9.17. The van der Waals surface area contributed by atoms with Crippen LogP contribution in [0.5, 0.6) is 0 Å². The molecule has 1 aromatic heterocycles. The third-order valence-electron chi connectivity index (χ3n) is 5.01. The number of carbonyl (C=O) groups is 2. The number of hydrogen-bond acceptors (Lipinski definition) is 5. The molecule has 1 fully saturated rings. The number of rotatable bonds is 5. The van der Waals surface area contributed by atoms with Gasteiger partial charge in [-0.1, -0.05) is 0 Å². The number of pyridine rings is 1. The summed E-state index contributed by atoms with van der Waals surface area (Å²) < 4.78 is 5.09. The maximum Gasteiger partial charge on any atom is 0.340 e. The van der Waals surface area contributed by atoms with Crippen molar-refractivity contribution < 1.29 is 14.3 Å². The van der Waals surface area contributed by atoms with E-state index in [1.165, 1.54) is 0 Å². The van der Waals surface area contributed by atoms with Gasteiger partial charge < -0.3 is 19.9 Å². The number of ether oxygens (including phenoxy) is 1. The third-order valence-corrected chi connectivity index (χ3v) is 5.01. The fraction of sp³-hybridized carbons (Fsp3) is 0.650. The second-order valence-corrected chi connectivity index (χ2v) is 7.44. The molecule has 1 aliphatic rings. The van der Waals surface area contributed by atoms with Gasteiger partial charge in [-0.25, -0.2) is 9.59 Å². The zero-order valence-electron chi connectivity index (χ0n) is 17.3. The summed E-state index contributed by atoms with van der Waals surface area (Å²) in [5.74, 6) is -0.422. The molecule has 0 bridgehead atoms. The molecule has 0 aromatic carbocycles. The van der Waals surface area contributed by atoms with Crippen molar-refractivity contribution in [3.63, 3.8) is 0 Å². The predicted molar refractivity (Wildman–Crippen MR) is 106 cm³/mol. The number of anilines is 1. The molecule has 27 heavy (non-hydrogen) atoms. The van der Waals surface area contributed by atoms with E-state index in [1.54, 1.807) is 19.9 Å². The summed E-state index contributed by atoms with van der Waals surface area (Å²) in [7, 11) is 2.11. The van der Waals surface area contributed by atoms with Gasteiger partial charge >= 0.3 is 12.0 Å². The summed E-state index contributed by atoms with van der Waals surface area (Å²) in [6, 6.07) is 1.81. The van der Waals surface area contributed by atoms with Crippen LogP contribution in [0.2, 0.25) is 0 Å². The fourth-order valence-corrected chi connectivity index (χ4v) is 3.54. The Hall–Kier alpha value is -2.15. The van der Waals surface area contributed by atoms with E-state index in [4.69, 9.17) is 4.74 Å². The Morgan fingerprint density at radius 3 is 2.48 bits per heavy atom. The van der Waals surface area contributed by atoms with Crippen molar-refractivity contribution in [1.29, 1.82) is 0 Å². The maximum absolute atomic E-state index is 13.0. The average molecular weight is 377 g/mol. The first-order valence-electron chi connectivity index (χ1n) is 9.67. The van der Waals surface area contributed by atoms with Crippen LogP contribution < -0.4 is 5.32 Å². The lowest BCUT2D eigenvalue weighted by Crippen LogP contribution is -2.51. The van der Waals surface area contributed by atoms with Gasteiger partial charge in [0.05, 0.1) is 29.2 Å². The van der Waals surface area contributed by atoms with Gasteiger partial charge in [0.1, 0.15) is 0 Å². The van der Waals surface area contributed by atoms with Gasteiger partial charge in [0, 0.05) is 12.1 Å². The quantitative estimate of drug-likeness (QED) is 0.799. The van der Waals surface area contributed by atoms with Crippen molar-refractivity contribution in [2.75, 3.05) is 32.1 Å². The highest BCUT2D eigenvalue weighted by molar-refractivity contribution is 5.95. The number of aryl methyl sites for hydroxylation is 2. The van der Waals surface area contributed by atoms with Crippen molar-refractivity contribution >= 4 is 17.7 Å². The maximum atomic E-state index is 13.0. The summed E-state index contributed by atoms with van der Waals surface area (Å²) in [6.45, 7) is 11.7. The van der Waals surface area contributed by atoms with Crippen LogP contribution in [0.4, 0.5) is 10.5 Å². The van der Waals surface area contributed by atoms with Crippen molar-refractivity contribution in [3.05, 3.63) is 23.0 Å². The first kappa shape index (κ1) is 21.2. The monoisotopic (exact) mass is 376 g/mol. The van der Waals surface area contributed by atoms with Crippen molar-refractivity contribution in [3.8, 4) is 0 Å². The zero-order valence-corrected chi connectivity index (χ0v) is 17.3. The number of aromatic nitrogens is 1. The molecule has 0 atom stereocenters. The molecule has 7 nitrogen and oxygen atoms in total. The Bertz CT molecular complexity index is 682. The Kier molecular flexibility index (Phi) is 7.18. The van der Waals surface area contributed by atoms with Gasteiger partial charge in [0.2, 0.25) is 0 Å². The Balaban J connectivity index is 2.21. The molecule has 2 heterocycles. The van der Waals surface area contributed by atoms with E-state index in [-0.39, 0.29) is 18.1 Å². The molecule has 0 aliphatic carbocycles. The summed E-state index contributed by atoms with van der Waals surface area (Å²) >= 11 is 0. The Morgan fingerprint density at radius 1 is 1.30 bits per heavy atom. The lowest BCUT2D eigenvalue weighted by atomic mass is 10.0. The van der Waals surface area contributed by atoms with Crippen molar-refractivity contribution in [2.45, 2.75) is 59.5 Å². The zero-order chi connectivity index (χ0) is 20.1. The van der Waals surface area contributed by atoms with Crippen LogP contribution in [0.25, 0.3) is 0 Å². The van der Waals surface area contributed by atoms with Crippen molar-refractivity contribution in [1.82, 2.24) is 14.8 Å². The SMILES string of the molecule is CCOC(=O)c1cc(NC(=O)N(C(C)C)C2CCN(C)CC2)c(C)nc1C. The second-order valence-electron chi connectivity index (χ2n) is 7.44. The number of piperidine rings is 1. The molecular formula is C20H32N4O3. The largest absolute Gasteiger partial charge is 0.462 e. The molecular weight excluding hydrogens is 344 g/mol. The number of nitrogens with one attached hydrogen (secondary N) is 1. The molecule has 0 unspecified atom stereocenters. The molecule has 1 N–H and O–H groups in total. The van der Waals surface area contributed by atoms with Crippen LogP contribution in [0.1, 0.15) is 55.4 Å². The molecule has 1 aromatic rings. The topological polar surface area (TPSA) is 74.8 Å². The smallest absolute Gasteiger partial charge is 0.340 e. The highest BCUT2D eigenvalue weighted by atomic mass is 16.5. The van der Waals surface area contributed by atoms with E-state index in [0.717, 1.165) is 25.9 Å². The van der Waals surface area contributed by atoms with Crippen LogP contribution in [-0.2, 0) is 4.74 Å². The third kappa shape index (κ3) is 5.19. The molecule has 2 rings (SSSR count). The van der Waals surface area contributed by atoms with Crippen LogP contribution in [0, 0.1) is 13.8 Å². The molecule has 1 aliphatic heterocycles. The highest BCUT2D eigenvalue weighted by Crippen LogP contribution is 2.22. The standard InChI is InChI=1S/C20H32N4O3/c1-7-27-19(25)17-12-18(15(5)21-14(17)4)22-20(26)24(13(2)3)16-8-10-23(6)11-9-16/h12-13,16H,7-11H2,1-6H3,(H,22,26). The molecule has 2 amide bonds. The highest BCUT2D eigenvalue weighted by Gasteiger charge is 2.29. The number of carbonyl (C=O) groups excluding carboxylic acids is 2. The van der Waals surface area contributed by atoms with Gasteiger partial charge in [0.15, 0.2) is 0 Å². The predicted octanol–water partition coefficient (Wildman–Crippen LogP) is 3.21. The molecule has 150 valence electrons. The van der Waals surface area contributed by atoms with Gasteiger partial charge in [-0.05, 0) is 73.7 Å². The summed E-state index contributed by atoms with van der Waals surface area (Å²) in [4.78, 5) is 33.8. The minimum atomic E-state index is -0.422. The first-order valence-corrected chi connectivity index (χ1v) is 9.67. The first-order chi connectivity index (χ1) is 12.7. The molecule has 0 radical (unpaired) electrons. The van der Waals surface area contributed by atoms with Gasteiger partial charge in [-0.2, -0.15) is 0 Å². The summed E-state index contributed by atoms with van der Waals surface area (Å²) in [5, 5.41) is 2.97. The minimum absolute atomic E-state index is 0.0849. The van der Waals surface area contributed by atoms with Crippen LogP contribution in [0.15, 0.2) is 6.07 Å². The normalized spacial score (nSPS) is 15.7. The van der Waals surface area contributed by atoms with E-state index in [0.29, 0.717) is 29.2 Å². The summed E-state index contributed by atoms with van der Waals surface area (Å²) in [6.07, 6.45) is 1.92. The molecule has 1 saturated heterocycles. The Labute approximate surface area is 162 Å². The van der Waals surface area contributed by atoms with E-state index < -0.39 is 5.97 Å². The fourth-order valence-electron chi connectivity index (χ4n) is 3.54. The van der Waals surface area contributed by atoms with E-state index in [9.17, 15) is 9.59 Å². The minimum Gasteiger partial charge on any atom is -0.462 e. The van der Waals surface area contributed by atoms with E-state index in [2.05, 4.69) is 22.2 Å². The van der Waals surface area contributed by atoms with Crippen LogP contribution in [-0.4, -0.2) is 65.6 Å². The Morgan fingerprint density at radius 2 is 1.93 bits per heavy atom. The number of hydrogen-bond donors (Lipinski definition) is 1.